The molecule has 3 rings (SSSR count). The molecule has 98 valence electrons. The number of hydrogen-bond acceptors (Lipinski definition) is 2. The van der Waals surface area contributed by atoms with Crippen molar-refractivity contribution in [3.63, 3.8) is 0 Å². The Morgan fingerprint density at radius 1 is 1.39 bits per heavy atom. The van der Waals surface area contributed by atoms with Crippen molar-refractivity contribution in [3.8, 4) is 5.75 Å². The first-order valence-corrected chi connectivity index (χ1v) is 7.27. The van der Waals surface area contributed by atoms with E-state index < -0.39 is 0 Å². The van der Waals surface area contributed by atoms with Crippen LogP contribution in [-0.2, 0) is 12.8 Å². The SMILES string of the molecule is CNC1CCCC1Cc1cc(Cl)cc2c1OCC2. The van der Waals surface area contributed by atoms with Gasteiger partial charge in [0.15, 0.2) is 0 Å². The molecule has 1 aromatic carbocycles. The van der Waals surface area contributed by atoms with E-state index in [1.165, 1.54) is 30.4 Å². The van der Waals surface area contributed by atoms with Gasteiger partial charge in [-0.15, -0.1) is 0 Å². The molecule has 18 heavy (non-hydrogen) atoms. The third-order valence-corrected chi connectivity index (χ3v) is 4.56. The molecule has 1 fully saturated rings. The van der Waals surface area contributed by atoms with E-state index >= 15 is 0 Å². The Balaban J connectivity index is 1.84. The number of benzene rings is 1. The number of nitrogens with one attached hydrogen (secondary N) is 1. The molecule has 2 aliphatic rings. The molecular formula is C15H20ClNO. The fourth-order valence-electron chi connectivity index (χ4n) is 3.44. The Morgan fingerprint density at radius 3 is 3.11 bits per heavy atom. The molecule has 1 saturated carbocycles. The second-order valence-corrected chi connectivity index (χ2v) is 5.88. The Morgan fingerprint density at radius 2 is 2.28 bits per heavy atom. The van der Waals surface area contributed by atoms with Crippen molar-refractivity contribution in [2.24, 2.45) is 5.92 Å². The highest BCUT2D eigenvalue weighted by Crippen LogP contribution is 2.37. The third kappa shape index (κ3) is 2.24. The molecule has 0 radical (unpaired) electrons. The Hall–Kier alpha value is -0.730. The zero-order valence-corrected chi connectivity index (χ0v) is 11.6. The Bertz CT molecular complexity index is 446. The summed E-state index contributed by atoms with van der Waals surface area (Å²) >= 11 is 6.21. The zero-order chi connectivity index (χ0) is 12.5. The van der Waals surface area contributed by atoms with E-state index in [0.717, 1.165) is 36.1 Å². The highest BCUT2D eigenvalue weighted by molar-refractivity contribution is 6.30. The molecule has 1 aromatic rings. The van der Waals surface area contributed by atoms with Gasteiger partial charge in [-0.25, -0.2) is 0 Å². The van der Waals surface area contributed by atoms with Gasteiger partial charge >= 0.3 is 0 Å². The average molecular weight is 266 g/mol. The van der Waals surface area contributed by atoms with Gasteiger partial charge in [0.1, 0.15) is 5.75 Å². The minimum atomic E-state index is 0.654. The zero-order valence-electron chi connectivity index (χ0n) is 10.8. The van der Waals surface area contributed by atoms with E-state index in [9.17, 15) is 0 Å². The van der Waals surface area contributed by atoms with Crippen LogP contribution in [0.15, 0.2) is 12.1 Å². The summed E-state index contributed by atoms with van der Waals surface area (Å²) in [6.45, 7) is 0.808. The van der Waals surface area contributed by atoms with Gasteiger partial charge in [-0.05, 0) is 55.5 Å². The predicted octanol–water partition coefficient (Wildman–Crippen LogP) is 3.21. The molecule has 1 heterocycles. The lowest BCUT2D eigenvalue weighted by atomic mass is 9.93. The molecule has 0 saturated heterocycles. The molecule has 1 aliphatic heterocycles. The summed E-state index contributed by atoms with van der Waals surface area (Å²) in [6, 6.07) is 4.80. The number of ether oxygens (including phenoxy) is 1. The number of fused-ring (bicyclic) bond motifs is 1. The van der Waals surface area contributed by atoms with Crippen LogP contribution in [-0.4, -0.2) is 19.7 Å². The van der Waals surface area contributed by atoms with Crippen LogP contribution in [0.5, 0.6) is 5.75 Å². The highest BCUT2D eigenvalue weighted by atomic mass is 35.5. The molecule has 2 nitrogen and oxygen atoms in total. The van der Waals surface area contributed by atoms with Crippen LogP contribution in [0.1, 0.15) is 30.4 Å². The highest BCUT2D eigenvalue weighted by Gasteiger charge is 2.28. The number of hydrogen-bond donors (Lipinski definition) is 1. The first-order valence-electron chi connectivity index (χ1n) is 6.89. The first kappa shape index (κ1) is 12.3. The van der Waals surface area contributed by atoms with Gasteiger partial charge in [0.05, 0.1) is 6.61 Å². The smallest absolute Gasteiger partial charge is 0.125 e. The van der Waals surface area contributed by atoms with E-state index in [1.54, 1.807) is 0 Å². The van der Waals surface area contributed by atoms with Crippen LogP contribution >= 0.6 is 11.6 Å². The maximum absolute atomic E-state index is 6.21. The van der Waals surface area contributed by atoms with Crippen molar-refractivity contribution in [1.29, 1.82) is 0 Å². The molecular weight excluding hydrogens is 246 g/mol. The predicted molar refractivity (Wildman–Crippen MR) is 74.5 cm³/mol. The van der Waals surface area contributed by atoms with Gasteiger partial charge in [-0.3, -0.25) is 0 Å². The van der Waals surface area contributed by atoms with Gasteiger partial charge in [-0.1, -0.05) is 18.0 Å². The van der Waals surface area contributed by atoms with Crippen LogP contribution in [0.3, 0.4) is 0 Å². The van der Waals surface area contributed by atoms with Crippen molar-refractivity contribution in [1.82, 2.24) is 5.32 Å². The Labute approximate surface area is 114 Å². The standard InChI is InChI=1S/C15H20ClNO/c1-17-14-4-2-3-10(14)7-12-9-13(16)8-11-5-6-18-15(11)12/h8-10,14,17H,2-7H2,1H3. The van der Waals surface area contributed by atoms with E-state index in [1.807, 2.05) is 0 Å². The van der Waals surface area contributed by atoms with Crippen LogP contribution in [0.25, 0.3) is 0 Å². The molecule has 0 bridgehead atoms. The molecule has 1 N–H and O–H groups in total. The van der Waals surface area contributed by atoms with E-state index in [2.05, 4.69) is 24.5 Å². The van der Waals surface area contributed by atoms with Crippen molar-refractivity contribution in [2.45, 2.75) is 38.1 Å². The monoisotopic (exact) mass is 265 g/mol. The second kappa shape index (κ2) is 5.10. The number of rotatable bonds is 3. The summed E-state index contributed by atoms with van der Waals surface area (Å²) in [4.78, 5) is 0. The topological polar surface area (TPSA) is 21.3 Å². The van der Waals surface area contributed by atoms with E-state index in [4.69, 9.17) is 16.3 Å². The largest absolute Gasteiger partial charge is 0.493 e. The second-order valence-electron chi connectivity index (χ2n) is 5.44. The molecule has 2 atom stereocenters. The summed E-state index contributed by atoms with van der Waals surface area (Å²) < 4.78 is 5.78. The van der Waals surface area contributed by atoms with Gasteiger partial charge in [-0.2, -0.15) is 0 Å². The van der Waals surface area contributed by atoms with Gasteiger partial charge in [0.2, 0.25) is 0 Å². The average Bonchev–Trinajstić information content (AvgIpc) is 2.96. The normalized spacial score (nSPS) is 26.1. The molecule has 2 unspecified atom stereocenters. The molecule has 0 amide bonds. The fraction of sp³-hybridized carbons (Fsp3) is 0.600. The minimum absolute atomic E-state index is 0.654. The van der Waals surface area contributed by atoms with Crippen molar-refractivity contribution < 1.29 is 4.74 Å². The molecule has 0 spiro atoms. The molecule has 1 aliphatic carbocycles. The van der Waals surface area contributed by atoms with Crippen LogP contribution in [0.4, 0.5) is 0 Å². The van der Waals surface area contributed by atoms with Gasteiger partial charge < -0.3 is 10.1 Å². The molecule has 3 heteroatoms. The summed E-state index contributed by atoms with van der Waals surface area (Å²) in [5.41, 5.74) is 2.60. The minimum Gasteiger partial charge on any atom is -0.493 e. The summed E-state index contributed by atoms with van der Waals surface area (Å²) in [6.07, 6.45) is 6.04. The van der Waals surface area contributed by atoms with Gasteiger partial charge in [0, 0.05) is 17.5 Å². The van der Waals surface area contributed by atoms with Crippen LogP contribution < -0.4 is 10.1 Å². The summed E-state index contributed by atoms with van der Waals surface area (Å²) in [5, 5.41) is 4.30. The lowest BCUT2D eigenvalue weighted by Crippen LogP contribution is -2.30. The Kier molecular flexibility index (Phi) is 3.49. The van der Waals surface area contributed by atoms with Crippen molar-refractivity contribution in [3.05, 3.63) is 28.3 Å². The fourth-order valence-corrected chi connectivity index (χ4v) is 3.70. The lowest BCUT2D eigenvalue weighted by molar-refractivity contribution is 0.347. The lowest BCUT2D eigenvalue weighted by Gasteiger charge is -2.20. The summed E-state index contributed by atoms with van der Waals surface area (Å²) in [5.74, 6) is 1.84. The van der Waals surface area contributed by atoms with Crippen molar-refractivity contribution >= 4 is 11.6 Å². The molecule has 0 aromatic heterocycles. The first-order chi connectivity index (χ1) is 8.78. The van der Waals surface area contributed by atoms with E-state index in [-0.39, 0.29) is 0 Å². The quantitative estimate of drug-likeness (QED) is 0.906. The third-order valence-electron chi connectivity index (χ3n) is 4.34. The van der Waals surface area contributed by atoms with Crippen LogP contribution in [0, 0.1) is 5.92 Å². The maximum Gasteiger partial charge on any atom is 0.125 e. The van der Waals surface area contributed by atoms with Crippen molar-refractivity contribution in [2.75, 3.05) is 13.7 Å². The van der Waals surface area contributed by atoms with E-state index in [0.29, 0.717) is 6.04 Å². The van der Waals surface area contributed by atoms with Crippen LogP contribution in [0.2, 0.25) is 5.02 Å². The number of halogens is 1. The maximum atomic E-state index is 6.21. The summed E-state index contributed by atoms with van der Waals surface area (Å²) in [7, 11) is 2.07. The van der Waals surface area contributed by atoms with Gasteiger partial charge in [0.25, 0.3) is 0 Å².